The van der Waals surface area contributed by atoms with Crippen molar-refractivity contribution in [3.05, 3.63) is 100 Å². The van der Waals surface area contributed by atoms with Gasteiger partial charge in [0.05, 0.1) is 23.6 Å². The number of nitrogens with one attached hydrogen (secondary N) is 2. The van der Waals surface area contributed by atoms with Gasteiger partial charge in [0.2, 0.25) is 0 Å². The monoisotopic (exact) mass is 675 g/mol. The lowest BCUT2D eigenvalue weighted by atomic mass is 9.94. The molecule has 1 saturated heterocycles. The summed E-state index contributed by atoms with van der Waals surface area (Å²) in [6.07, 6.45) is 6.48. The Hall–Kier alpha value is -2.30. The molecule has 10 heteroatoms. The highest BCUT2D eigenvalue weighted by atomic mass is 35.5. The second kappa shape index (κ2) is 16.5. The van der Waals surface area contributed by atoms with Crippen LogP contribution in [0.1, 0.15) is 78.4 Å². The highest BCUT2D eigenvalue weighted by Gasteiger charge is 2.30. The molecule has 3 aromatic carbocycles. The second-order valence-corrected chi connectivity index (χ2v) is 15.0. The Morgan fingerprint density at radius 2 is 1.69 bits per heavy atom. The van der Waals surface area contributed by atoms with Crippen LogP contribution in [0.2, 0.25) is 5.02 Å². The van der Waals surface area contributed by atoms with E-state index >= 15 is 0 Å². The number of nitrogens with zero attached hydrogens (tertiary/aromatic N) is 1. The van der Waals surface area contributed by atoms with Gasteiger partial charge in [-0.1, -0.05) is 66.9 Å². The van der Waals surface area contributed by atoms with Crippen molar-refractivity contribution in [3.63, 3.8) is 0 Å². The maximum Gasteiger partial charge on any atom is 0.251 e. The summed E-state index contributed by atoms with van der Waals surface area (Å²) in [6.45, 7) is 2.92. The van der Waals surface area contributed by atoms with Gasteiger partial charge in [-0.3, -0.25) is 18.2 Å². The first-order chi connectivity index (χ1) is 21.2. The minimum atomic E-state index is -2.93. The lowest BCUT2D eigenvalue weighted by Gasteiger charge is -2.47. The van der Waals surface area contributed by atoms with Gasteiger partial charge >= 0.3 is 0 Å². The van der Waals surface area contributed by atoms with E-state index in [0.717, 1.165) is 61.6 Å². The predicted octanol–water partition coefficient (Wildman–Crippen LogP) is 7.61. The van der Waals surface area contributed by atoms with Crippen LogP contribution in [0.5, 0.6) is 0 Å². The molecule has 1 amide bonds. The van der Waals surface area contributed by atoms with Gasteiger partial charge < -0.3 is 15.7 Å². The molecule has 1 aliphatic heterocycles. The van der Waals surface area contributed by atoms with E-state index in [1.165, 1.54) is 0 Å². The predicted molar refractivity (Wildman–Crippen MR) is 189 cm³/mol. The minimum Gasteiger partial charge on any atom is -0.390 e. The first kappa shape index (κ1) is 35.6. The van der Waals surface area contributed by atoms with E-state index in [1.54, 1.807) is 10.4 Å². The lowest BCUT2D eigenvalue weighted by molar-refractivity contribution is 0.0826. The number of carbonyl (C=O) groups excluding carboxylic acids is 1. The van der Waals surface area contributed by atoms with Crippen LogP contribution in [0.3, 0.4) is 0 Å². The lowest BCUT2D eigenvalue weighted by Crippen LogP contribution is -2.50. The van der Waals surface area contributed by atoms with Gasteiger partial charge in [-0.25, -0.2) is 0 Å². The largest absolute Gasteiger partial charge is 0.390 e. The molecule has 45 heavy (non-hydrogen) atoms. The summed E-state index contributed by atoms with van der Waals surface area (Å²) in [5.41, 5.74) is 4.38. The van der Waals surface area contributed by atoms with Crippen molar-refractivity contribution >= 4 is 46.4 Å². The number of aliphatic hydroxyl groups is 1. The van der Waals surface area contributed by atoms with Crippen LogP contribution in [-0.2, 0) is 12.8 Å². The smallest absolute Gasteiger partial charge is 0.251 e. The Morgan fingerprint density at radius 1 is 0.956 bits per heavy atom. The Morgan fingerprint density at radius 3 is 2.40 bits per heavy atom. The van der Waals surface area contributed by atoms with Crippen LogP contribution in [0.4, 0.5) is 5.69 Å². The molecule has 246 valence electrons. The van der Waals surface area contributed by atoms with Gasteiger partial charge in [-0.05, 0) is 98.4 Å². The summed E-state index contributed by atoms with van der Waals surface area (Å²) in [4.78, 5) is 13.9. The summed E-state index contributed by atoms with van der Waals surface area (Å²) >= 11 is 6.16. The van der Waals surface area contributed by atoms with Gasteiger partial charge in [0.25, 0.3) is 5.91 Å². The number of halogens is 2. The number of benzene rings is 3. The molecule has 1 unspecified atom stereocenters. The van der Waals surface area contributed by atoms with E-state index < -0.39 is 22.9 Å². The fourth-order valence-electron chi connectivity index (χ4n) is 6.47. The maximum atomic E-state index is 13.9. The number of hydrogen-bond acceptors (Lipinski definition) is 6. The Kier molecular flexibility index (Phi) is 13.0. The number of anilines is 1. The normalized spacial score (nSPS) is 19.3. The van der Waals surface area contributed by atoms with Gasteiger partial charge in [0.1, 0.15) is 0 Å². The average molecular weight is 677 g/mol. The van der Waals surface area contributed by atoms with E-state index in [-0.39, 0.29) is 24.4 Å². The van der Waals surface area contributed by atoms with Crippen molar-refractivity contribution in [2.75, 3.05) is 23.1 Å². The van der Waals surface area contributed by atoms with E-state index in [9.17, 15) is 19.0 Å². The molecule has 5 N–H and O–H groups in total. The topological polar surface area (TPSA) is 105 Å². The van der Waals surface area contributed by atoms with Crippen LogP contribution in [0.25, 0.3) is 0 Å². The third-order valence-corrected chi connectivity index (χ3v) is 11.1. The molecule has 7 nitrogen and oxygen atoms in total. The van der Waals surface area contributed by atoms with E-state index in [4.69, 9.17) is 11.6 Å². The number of aliphatic hydroxyl groups excluding tert-OH is 1. The Balaban J connectivity index is 0.00000461. The van der Waals surface area contributed by atoms with Gasteiger partial charge in [-0.15, -0.1) is 23.2 Å². The van der Waals surface area contributed by atoms with Crippen molar-refractivity contribution < 1.29 is 19.0 Å². The third-order valence-electron chi connectivity index (χ3n) is 8.88. The number of amides is 1. The van der Waals surface area contributed by atoms with Crippen LogP contribution >= 0.6 is 34.8 Å². The zero-order valence-electron chi connectivity index (χ0n) is 25.9. The fraction of sp³-hybridized carbons (Fsp3) is 0.457. The molecule has 1 heterocycles. The molecule has 2 aliphatic rings. The number of carbonyl (C=O) groups is 1. The van der Waals surface area contributed by atoms with E-state index in [0.29, 0.717) is 47.5 Å². The zero-order chi connectivity index (χ0) is 31.1. The van der Waals surface area contributed by atoms with Crippen molar-refractivity contribution in [2.45, 2.75) is 82.4 Å². The first-order valence-electron chi connectivity index (χ1n) is 15.9. The molecule has 3 atom stereocenters. The fourth-order valence-corrected chi connectivity index (χ4v) is 8.36. The Bertz CT molecular complexity index is 1390. The molecule has 1 aliphatic carbocycles. The molecule has 2 fully saturated rings. The van der Waals surface area contributed by atoms with Crippen molar-refractivity contribution in [2.24, 2.45) is 0 Å². The molecular weight excluding hydrogens is 629 g/mol. The van der Waals surface area contributed by atoms with Gasteiger partial charge in [0, 0.05) is 29.7 Å². The molecule has 1 saturated carbocycles. The van der Waals surface area contributed by atoms with Crippen molar-refractivity contribution in [1.82, 2.24) is 10.6 Å². The molecule has 0 spiro atoms. The standard InChI is InChI=1S/C35H46ClN3O4S.ClH/c1-25(18-27-12-9-15-31(36)19-27)37-24-34(40)33(20-26-10-3-2-4-11-26)38-35(41)30-21-29(28-13-5-6-14-28)22-32(23-30)39-16-7-8-17-44(39,42)43;/h2-4,9-12,15,19,21-23,25,28,33-34,37,40,42-43H,5-8,13-14,16-18,20,24H2,1H3,(H,38,41);1H/t25?,33-,34-;/m0./s1. The van der Waals surface area contributed by atoms with Crippen molar-refractivity contribution in [3.8, 4) is 0 Å². The van der Waals surface area contributed by atoms with Crippen LogP contribution in [0, 0.1) is 0 Å². The molecule has 5 rings (SSSR count). The van der Waals surface area contributed by atoms with Gasteiger partial charge in [-0.2, -0.15) is 0 Å². The minimum absolute atomic E-state index is 0. The summed E-state index contributed by atoms with van der Waals surface area (Å²) < 4.78 is 23.5. The number of rotatable bonds is 12. The Labute approximate surface area is 280 Å². The maximum absolute atomic E-state index is 13.9. The van der Waals surface area contributed by atoms with Crippen LogP contribution in [-0.4, -0.2) is 57.1 Å². The summed E-state index contributed by atoms with van der Waals surface area (Å²) in [5.74, 6) is 0.423. The second-order valence-electron chi connectivity index (χ2n) is 12.4. The van der Waals surface area contributed by atoms with Gasteiger partial charge in [0.15, 0.2) is 0 Å². The highest BCUT2D eigenvalue weighted by Crippen LogP contribution is 2.50. The summed E-state index contributed by atoms with van der Waals surface area (Å²) in [7, 11) is -2.93. The molecular formula is C35H47Cl2N3O4S. The number of hydrogen-bond donors (Lipinski definition) is 5. The van der Waals surface area contributed by atoms with Crippen LogP contribution < -0.4 is 14.9 Å². The molecule has 3 aromatic rings. The highest BCUT2D eigenvalue weighted by molar-refractivity contribution is 8.25. The zero-order valence-corrected chi connectivity index (χ0v) is 28.3. The third kappa shape index (κ3) is 9.85. The van der Waals surface area contributed by atoms with E-state index in [1.807, 2.05) is 66.7 Å². The molecule has 0 bridgehead atoms. The summed E-state index contributed by atoms with van der Waals surface area (Å²) in [6, 6.07) is 23.0. The molecule has 0 radical (unpaired) electrons. The average Bonchev–Trinajstić information content (AvgIpc) is 3.55. The van der Waals surface area contributed by atoms with Crippen LogP contribution in [0.15, 0.2) is 72.8 Å². The van der Waals surface area contributed by atoms with Crippen molar-refractivity contribution in [1.29, 1.82) is 0 Å². The quantitative estimate of drug-likeness (QED) is 0.135. The van der Waals surface area contributed by atoms with E-state index in [2.05, 4.69) is 17.6 Å². The summed E-state index contributed by atoms with van der Waals surface area (Å²) in [5, 5.41) is 18.7. The SMILES string of the molecule is CC(Cc1cccc(Cl)c1)NC[C@H](O)[C@H](Cc1ccccc1)NC(=O)c1cc(C2CCCC2)cc(N2CCCCS2(O)O)c1.Cl. The first-order valence-corrected chi connectivity index (χ1v) is 17.9. The molecule has 0 aromatic heterocycles.